The second kappa shape index (κ2) is 11.2. The number of likely N-dealkylation sites (tertiary alicyclic amines) is 1. The molecule has 3 heterocycles. The van der Waals surface area contributed by atoms with Crippen LogP contribution in [0.15, 0.2) is 48.7 Å². The van der Waals surface area contributed by atoms with E-state index in [1.54, 1.807) is 0 Å². The summed E-state index contributed by atoms with van der Waals surface area (Å²) in [6, 6.07) is 13.0. The number of carbonyl (C=O) groups is 1. The molecule has 4 rings (SSSR count). The number of aromatic nitrogens is 1. The van der Waals surface area contributed by atoms with Crippen molar-refractivity contribution in [3.8, 4) is 0 Å². The first-order chi connectivity index (χ1) is 16.4. The molecule has 1 amide bonds. The molecule has 2 aliphatic rings. The van der Waals surface area contributed by atoms with E-state index in [1.807, 2.05) is 11.0 Å². The zero-order valence-electron chi connectivity index (χ0n) is 19.4. The Bertz CT molecular complexity index is 904. The Morgan fingerprint density at radius 3 is 2.29 bits per heavy atom. The molecule has 34 heavy (non-hydrogen) atoms. The number of halogens is 3. The van der Waals surface area contributed by atoms with Crippen LogP contribution >= 0.6 is 0 Å². The third-order valence-electron chi connectivity index (χ3n) is 7.08. The summed E-state index contributed by atoms with van der Waals surface area (Å²) in [5.41, 5.74) is 1.15. The van der Waals surface area contributed by atoms with Crippen molar-refractivity contribution in [3.05, 3.63) is 59.9 Å². The van der Waals surface area contributed by atoms with Crippen LogP contribution in [0.2, 0.25) is 0 Å². The maximum Gasteiger partial charge on any atom is 0.433 e. The Hall–Kier alpha value is -2.61. The summed E-state index contributed by atoms with van der Waals surface area (Å²) in [4.78, 5) is 20.7. The highest BCUT2D eigenvalue weighted by Crippen LogP contribution is 2.29. The summed E-state index contributed by atoms with van der Waals surface area (Å²) in [6.07, 6.45) is 1.60. The minimum Gasteiger partial charge on any atom is -0.370 e. The largest absolute Gasteiger partial charge is 0.433 e. The van der Waals surface area contributed by atoms with Gasteiger partial charge in [0, 0.05) is 32.1 Å². The molecular formula is C26H33F3N4O. The Morgan fingerprint density at radius 1 is 0.971 bits per heavy atom. The lowest BCUT2D eigenvalue weighted by atomic mass is 9.92. The van der Waals surface area contributed by atoms with E-state index < -0.39 is 11.9 Å². The number of rotatable bonds is 7. The molecule has 0 radical (unpaired) electrons. The van der Waals surface area contributed by atoms with Crippen molar-refractivity contribution >= 4 is 11.6 Å². The van der Waals surface area contributed by atoms with Gasteiger partial charge in [-0.1, -0.05) is 30.3 Å². The smallest absolute Gasteiger partial charge is 0.370 e. The van der Waals surface area contributed by atoms with Crippen molar-refractivity contribution in [3.63, 3.8) is 0 Å². The highest BCUT2D eigenvalue weighted by Gasteiger charge is 2.32. The summed E-state index contributed by atoms with van der Waals surface area (Å²) in [5, 5.41) is 3.12. The highest BCUT2D eigenvalue weighted by atomic mass is 19.4. The number of hydrogen-bond acceptors (Lipinski definition) is 4. The van der Waals surface area contributed by atoms with Gasteiger partial charge < -0.3 is 10.2 Å². The Morgan fingerprint density at radius 2 is 1.68 bits per heavy atom. The number of nitrogens with zero attached hydrogens (tertiary/aromatic N) is 3. The Balaban J connectivity index is 1.12. The van der Waals surface area contributed by atoms with Gasteiger partial charge in [-0.25, -0.2) is 4.98 Å². The molecule has 0 saturated carbocycles. The van der Waals surface area contributed by atoms with E-state index in [2.05, 4.69) is 39.5 Å². The van der Waals surface area contributed by atoms with E-state index in [1.165, 1.54) is 30.7 Å². The first-order valence-electron chi connectivity index (χ1n) is 12.2. The van der Waals surface area contributed by atoms with Gasteiger partial charge in [0.1, 0.15) is 5.69 Å². The van der Waals surface area contributed by atoms with Crippen molar-refractivity contribution < 1.29 is 18.0 Å². The van der Waals surface area contributed by atoms with E-state index in [0.29, 0.717) is 44.1 Å². The average molecular weight is 475 g/mol. The summed E-state index contributed by atoms with van der Waals surface area (Å²) in [6.45, 7) is 5.21. The van der Waals surface area contributed by atoms with Gasteiger partial charge in [0.2, 0.25) is 5.91 Å². The number of carbonyl (C=O) groups excluding carboxylic acids is 1. The van der Waals surface area contributed by atoms with E-state index in [9.17, 15) is 18.0 Å². The van der Waals surface area contributed by atoms with Gasteiger partial charge in [0.25, 0.3) is 0 Å². The van der Waals surface area contributed by atoms with Gasteiger partial charge >= 0.3 is 6.18 Å². The normalized spacial score (nSPS) is 18.7. The zero-order chi connectivity index (χ0) is 24.0. The van der Waals surface area contributed by atoms with Crippen molar-refractivity contribution in [2.24, 2.45) is 11.8 Å². The predicted octanol–water partition coefficient (Wildman–Crippen LogP) is 4.74. The van der Waals surface area contributed by atoms with Crippen molar-refractivity contribution in [2.45, 2.75) is 44.8 Å². The first kappa shape index (κ1) is 24.5. The summed E-state index contributed by atoms with van der Waals surface area (Å²) in [5.74, 6) is 0.722. The molecule has 0 spiro atoms. The minimum absolute atomic E-state index is 0.0358. The molecule has 1 aromatic carbocycles. The molecular weight excluding hydrogens is 441 g/mol. The molecule has 2 aromatic rings. The summed E-state index contributed by atoms with van der Waals surface area (Å²) in [7, 11) is 0. The lowest BCUT2D eigenvalue weighted by Crippen LogP contribution is -2.41. The molecule has 5 nitrogen and oxygen atoms in total. The number of benzene rings is 1. The number of hydrogen-bond donors (Lipinski definition) is 1. The van der Waals surface area contributed by atoms with Crippen LogP contribution in [0, 0.1) is 11.8 Å². The van der Waals surface area contributed by atoms with Crippen LogP contribution in [0.25, 0.3) is 0 Å². The quantitative estimate of drug-likeness (QED) is 0.630. The number of piperidine rings is 2. The zero-order valence-corrected chi connectivity index (χ0v) is 19.4. The van der Waals surface area contributed by atoms with Crippen LogP contribution in [-0.2, 0) is 17.5 Å². The van der Waals surface area contributed by atoms with E-state index in [4.69, 9.17) is 0 Å². The lowest BCUT2D eigenvalue weighted by Gasteiger charge is -2.33. The molecule has 0 bridgehead atoms. The molecule has 0 unspecified atom stereocenters. The Labute approximate surface area is 199 Å². The van der Waals surface area contributed by atoms with E-state index in [0.717, 1.165) is 32.1 Å². The maximum absolute atomic E-state index is 12.7. The van der Waals surface area contributed by atoms with Crippen LogP contribution in [0.4, 0.5) is 18.9 Å². The van der Waals surface area contributed by atoms with Gasteiger partial charge in [-0.2, -0.15) is 13.2 Å². The molecule has 0 aliphatic carbocycles. The SMILES string of the molecule is O=C(NCCC1CCN(Cc2ccccc2)CC1)C1CCN(c2ccc(C(F)(F)F)nc2)CC1. The van der Waals surface area contributed by atoms with Crippen molar-refractivity contribution in [2.75, 3.05) is 37.6 Å². The maximum atomic E-state index is 12.7. The molecule has 8 heteroatoms. The number of anilines is 1. The molecule has 1 N–H and O–H groups in total. The minimum atomic E-state index is -4.43. The summed E-state index contributed by atoms with van der Waals surface area (Å²) >= 11 is 0. The number of pyridine rings is 1. The summed E-state index contributed by atoms with van der Waals surface area (Å²) < 4.78 is 38.1. The van der Waals surface area contributed by atoms with Crippen LogP contribution in [0.1, 0.15) is 43.4 Å². The topological polar surface area (TPSA) is 48.5 Å². The molecule has 0 atom stereocenters. The van der Waals surface area contributed by atoms with Crippen LogP contribution in [0.3, 0.4) is 0 Å². The van der Waals surface area contributed by atoms with Crippen molar-refractivity contribution in [1.29, 1.82) is 0 Å². The second-order valence-corrected chi connectivity index (χ2v) is 9.45. The first-order valence-corrected chi connectivity index (χ1v) is 12.2. The Kier molecular flexibility index (Phi) is 8.08. The van der Waals surface area contributed by atoms with Crippen LogP contribution < -0.4 is 10.2 Å². The molecule has 1 aromatic heterocycles. The molecule has 2 aliphatic heterocycles. The fourth-order valence-electron chi connectivity index (χ4n) is 4.96. The second-order valence-electron chi connectivity index (χ2n) is 9.45. The molecule has 2 fully saturated rings. The van der Waals surface area contributed by atoms with Crippen LogP contribution in [-0.4, -0.2) is 48.5 Å². The van der Waals surface area contributed by atoms with Gasteiger partial charge in [-0.05, 0) is 68.8 Å². The average Bonchev–Trinajstić information content (AvgIpc) is 2.85. The fourth-order valence-corrected chi connectivity index (χ4v) is 4.96. The number of alkyl halides is 3. The molecule has 2 saturated heterocycles. The monoisotopic (exact) mass is 474 g/mol. The standard InChI is InChI=1S/C26H33F3N4O/c27-26(28,29)24-7-6-23(18-31-24)33-16-11-22(12-17-33)25(34)30-13-8-20-9-14-32(15-10-20)19-21-4-2-1-3-5-21/h1-7,18,20,22H,8-17,19H2,(H,30,34). The fraction of sp³-hybridized carbons (Fsp3) is 0.538. The van der Waals surface area contributed by atoms with Crippen molar-refractivity contribution in [1.82, 2.24) is 15.2 Å². The number of amides is 1. The van der Waals surface area contributed by atoms with Gasteiger partial charge in [-0.15, -0.1) is 0 Å². The lowest BCUT2D eigenvalue weighted by molar-refractivity contribution is -0.141. The molecule has 184 valence electrons. The number of nitrogens with one attached hydrogen (secondary N) is 1. The predicted molar refractivity (Wildman–Crippen MR) is 126 cm³/mol. The van der Waals surface area contributed by atoms with E-state index in [-0.39, 0.29) is 11.8 Å². The highest BCUT2D eigenvalue weighted by molar-refractivity contribution is 5.79. The van der Waals surface area contributed by atoms with Gasteiger partial charge in [-0.3, -0.25) is 9.69 Å². The van der Waals surface area contributed by atoms with E-state index >= 15 is 0 Å². The van der Waals surface area contributed by atoms with Gasteiger partial charge in [0.15, 0.2) is 0 Å². The van der Waals surface area contributed by atoms with Gasteiger partial charge in [0.05, 0.1) is 11.9 Å². The third-order valence-corrected chi connectivity index (χ3v) is 7.08. The third kappa shape index (κ3) is 6.72. The van der Waals surface area contributed by atoms with Crippen LogP contribution in [0.5, 0.6) is 0 Å².